The number of benzene rings is 2. The van der Waals surface area contributed by atoms with E-state index in [9.17, 15) is 26.4 Å². The van der Waals surface area contributed by atoms with Crippen LogP contribution in [0.5, 0.6) is 5.75 Å². The molecule has 0 amide bonds. The second-order valence-electron chi connectivity index (χ2n) is 5.42. The number of rotatable bonds is 6. The summed E-state index contributed by atoms with van der Waals surface area (Å²) in [5.41, 5.74) is 0. The average molecular weight is 410 g/mol. The van der Waals surface area contributed by atoms with E-state index in [2.05, 4.69) is 10.1 Å². The minimum Gasteiger partial charge on any atom is -0.418 e. The number of carbonyl (C=O) groups excluding carboxylic acids is 1. The van der Waals surface area contributed by atoms with Gasteiger partial charge in [-0.25, -0.2) is 13.2 Å². The Morgan fingerprint density at radius 2 is 1.92 bits per heavy atom. The van der Waals surface area contributed by atoms with Crippen molar-refractivity contribution in [2.75, 3.05) is 19.3 Å². The second kappa shape index (κ2) is 7.81. The summed E-state index contributed by atoms with van der Waals surface area (Å²) in [5, 5.41) is 3.47. The minimum atomic E-state index is -5.26. The molecule has 2 rings (SSSR count). The maximum Gasteiger partial charge on any atom is 0.491 e. The monoisotopic (exact) mass is 409 g/mol. The summed E-state index contributed by atoms with van der Waals surface area (Å²) < 4.78 is 67.4. The highest BCUT2D eigenvalue weighted by molar-refractivity contribution is 7.91. The lowest BCUT2D eigenvalue weighted by molar-refractivity contribution is -0.189. The van der Waals surface area contributed by atoms with Crippen LogP contribution in [0.4, 0.5) is 13.2 Å². The molecule has 0 saturated carbocycles. The number of esters is 1. The topological polar surface area (TPSA) is 72.5 Å². The van der Waals surface area contributed by atoms with E-state index >= 15 is 0 Å². The van der Waals surface area contributed by atoms with Crippen LogP contribution in [0.1, 0.15) is 6.42 Å². The highest BCUT2D eigenvalue weighted by Gasteiger charge is 2.42. The van der Waals surface area contributed by atoms with Crippen molar-refractivity contribution in [3.8, 4) is 5.75 Å². The van der Waals surface area contributed by atoms with Gasteiger partial charge in [0.1, 0.15) is 4.90 Å². The molecule has 26 heavy (non-hydrogen) atoms. The van der Waals surface area contributed by atoms with Crippen molar-refractivity contribution in [3.63, 3.8) is 0 Å². The van der Waals surface area contributed by atoms with Crippen molar-refractivity contribution < 1.29 is 31.1 Å². The molecule has 142 valence electrons. The van der Waals surface area contributed by atoms with Gasteiger partial charge in [-0.1, -0.05) is 17.7 Å². The van der Waals surface area contributed by atoms with E-state index in [0.29, 0.717) is 17.0 Å². The summed E-state index contributed by atoms with van der Waals surface area (Å²) in [7, 11) is -2.33. The Morgan fingerprint density at radius 3 is 2.54 bits per heavy atom. The molecule has 2 aromatic rings. The Kier molecular flexibility index (Phi) is 6.15. The van der Waals surface area contributed by atoms with E-state index in [-0.39, 0.29) is 17.6 Å². The summed E-state index contributed by atoms with van der Waals surface area (Å²) in [4.78, 5) is 10.8. The van der Waals surface area contributed by atoms with Gasteiger partial charge in [0.05, 0.1) is 5.75 Å². The summed E-state index contributed by atoms with van der Waals surface area (Å²) in [6, 6.07) is 6.62. The number of hydrogen-bond donors (Lipinski definition) is 1. The number of sulfone groups is 1. The molecule has 1 N–H and O–H groups in total. The summed E-state index contributed by atoms with van der Waals surface area (Å²) in [6.07, 6.45) is -5.02. The maximum absolute atomic E-state index is 12.6. The van der Waals surface area contributed by atoms with Gasteiger partial charge in [-0.05, 0) is 49.7 Å². The SMILES string of the molecule is CNCCCS(=O)(=O)c1ccc2cc(Cl)ccc2c1OC(=O)C(F)(F)F. The number of fused-ring (bicyclic) bond motifs is 1. The molecule has 0 saturated heterocycles. The average Bonchev–Trinajstić information content (AvgIpc) is 2.53. The van der Waals surface area contributed by atoms with Gasteiger partial charge in [0.15, 0.2) is 15.6 Å². The summed E-state index contributed by atoms with van der Waals surface area (Å²) >= 11 is 5.85. The van der Waals surface area contributed by atoms with E-state index < -0.39 is 32.6 Å². The predicted molar refractivity (Wildman–Crippen MR) is 91.2 cm³/mol. The second-order valence-corrected chi connectivity index (χ2v) is 7.94. The number of ether oxygens (including phenoxy) is 1. The van der Waals surface area contributed by atoms with Crippen molar-refractivity contribution in [2.45, 2.75) is 17.5 Å². The van der Waals surface area contributed by atoms with Gasteiger partial charge in [-0.3, -0.25) is 0 Å². The third-order valence-electron chi connectivity index (χ3n) is 3.50. The van der Waals surface area contributed by atoms with E-state index in [1.165, 1.54) is 24.3 Å². The number of nitrogens with one attached hydrogen (secondary N) is 1. The first-order chi connectivity index (χ1) is 12.1. The fourth-order valence-corrected chi connectivity index (χ4v) is 3.94. The lowest BCUT2D eigenvalue weighted by Gasteiger charge is -2.15. The van der Waals surface area contributed by atoms with E-state index in [4.69, 9.17) is 11.6 Å². The van der Waals surface area contributed by atoms with Crippen LogP contribution in [0.15, 0.2) is 35.2 Å². The zero-order valence-corrected chi connectivity index (χ0v) is 15.1. The van der Waals surface area contributed by atoms with E-state index in [1.807, 2.05) is 0 Å². The van der Waals surface area contributed by atoms with Crippen molar-refractivity contribution in [2.24, 2.45) is 0 Å². The molecule has 0 aromatic heterocycles. The lowest BCUT2D eigenvalue weighted by atomic mass is 10.1. The van der Waals surface area contributed by atoms with Crippen LogP contribution >= 0.6 is 11.6 Å². The Bertz CT molecular complexity index is 929. The number of alkyl halides is 3. The van der Waals surface area contributed by atoms with Crippen LogP contribution < -0.4 is 10.1 Å². The van der Waals surface area contributed by atoms with Crippen LogP contribution in [-0.4, -0.2) is 39.9 Å². The number of carbonyl (C=O) groups is 1. The first-order valence-corrected chi connectivity index (χ1v) is 9.48. The normalized spacial score (nSPS) is 12.3. The third kappa shape index (κ3) is 4.66. The summed E-state index contributed by atoms with van der Waals surface area (Å²) in [6.45, 7) is 0.403. The Balaban J connectivity index is 2.60. The highest BCUT2D eigenvalue weighted by Crippen LogP contribution is 2.36. The fourth-order valence-electron chi connectivity index (χ4n) is 2.30. The van der Waals surface area contributed by atoms with Gasteiger partial charge in [-0.2, -0.15) is 13.2 Å². The quantitative estimate of drug-likeness (QED) is 0.450. The predicted octanol–water partition coefficient (Wildman–Crippen LogP) is 3.34. The lowest BCUT2D eigenvalue weighted by Crippen LogP contribution is -2.28. The van der Waals surface area contributed by atoms with Crippen LogP contribution in [0.3, 0.4) is 0 Å². The van der Waals surface area contributed by atoms with E-state index in [1.54, 1.807) is 7.05 Å². The fraction of sp³-hybridized carbons (Fsp3) is 0.312. The molecule has 0 aliphatic heterocycles. The van der Waals surface area contributed by atoms with Crippen LogP contribution in [-0.2, 0) is 14.6 Å². The van der Waals surface area contributed by atoms with Gasteiger partial charge in [0.2, 0.25) is 0 Å². The molecule has 0 fully saturated rings. The van der Waals surface area contributed by atoms with Crippen molar-refractivity contribution in [1.29, 1.82) is 0 Å². The molecule has 5 nitrogen and oxygen atoms in total. The zero-order chi connectivity index (χ0) is 19.5. The molecule has 0 aliphatic carbocycles. The van der Waals surface area contributed by atoms with E-state index in [0.717, 1.165) is 6.07 Å². The van der Waals surface area contributed by atoms with Crippen molar-refractivity contribution in [3.05, 3.63) is 35.4 Å². The Morgan fingerprint density at radius 1 is 1.23 bits per heavy atom. The molecule has 2 aromatic carbocycles. The Hall–Kier alpha value is -1.84. The molecule has 0 spiro atoms. The molecule has 0 radical (unpaired) electrons. The number of hydrogen-bond acceptors (Lipinski definition) is 5. The highest BCUT2D eigenvalue weighted by atomic mass is 35.5. The van der Waals surface area contributed by atoms with Crippen molar-refractivity contribution >= 4 is 38.2 Å². The first kappa shape index (κ1) is 20.5. The van der Waals surface area contributed by atoms with Gasteiger partial charge >= 0.3 is 12.1 Å². The van der Waals surface area contributed by atoms with Crippen LogP contribution in [0.2, 0.25) is 5.02 Å². The summed E-state index contributed by atoms with van der Waals surface area (Å²) in [5.74, 6) is -3.46. The molecule has 10 heteroatoms. The molecule has 0 bridgehead atoms. The smallest absolute Gasteiger partial charge is 0.418 e. The molecule has 0 aliphatic rings. The van der Waals surface area contributed by atoms with Gasteiger partial charge in [-0.15, -0.1) is 0 Å². The van der Waals surface area contributed by atoms with Crippen molar-refractivity contribution in [1.82, 2.24) is 5.32 Å². The van der Waals surface area contributed by atoms with Crippen LogP contribution in [0, 0.1) is 0 Å². The largest absolute Gasteiger partial charge is 0.491 e. The van der Waals surface area contributed by atoms with Gasteiger partial charge in [0.25, 0.3) is 0 Å². The molecular weight excluding hydrogens is 395 g/mol. The minimum absolute atomic E-state index is 0.0432. The Labute approximate surface area is 153 Å². The molecular formula is C16H15ClF3NO4S. The first-order valence-electron chi connectivity index (χ1n) is 7.45. The zero-order valence-electron chi connectivity index (χ0n) is 13.6. The standard InChI is InChI=1S/C16H15ClF3NO4S/c1-21-7-2-8-26(23,24)13-6-3-10-9-11(17)4-5-12(10)14(13)25-15(22)16(18,19)20/h3-6,9,21H,2,7-8H2,1H3. The molecule has 0 atom stereocenters. The van der Waals surface area contributed by atoms with Gasteiger partial charge < -0.3 is 10.1 Å². The van der Waals surface area contributed by atoms with Crippen LogP contribution in [0.25, 0.3) is 10.8 Å². The number of halogens is 4. The van der Waals surface area contributed by atoms with Gasteiger partial charge in [0, 0.05) is 10.4 Å². The third-order valence-corrected chi connectivity index (χ3v) is 5.55. The molecule has 0 heterocycles. The molecule has 0 unspecified atom stereocenters. The maximum atomic E-state index is 12.6.